The van der Waals surface area contributed by atoms with Crippen LogP contribution in [0.25, 0.3) is 21.5 Å². The Morgan fingerprint density at radius 1 is 0.471 bits per heavy atom. The van der Waals surface area contributed by atoms with E-state index in [2.05, 4.69) is 132 Å². The highest BCUT2D eigenvalue weighted by Gasteiger charge is 2.26. The summed E-state index contributed by atoms with van der Waals surface area (Å²) in [5.41, 5.74) is 8.14. The number of benzene rings is 5. The SMILES string of the molecule is CC(=O)c1ccc(OP(Oc2cc3c(C(C)C)cc(C(C)C)cc3cc2C(C)C)Oc2cc3c(C(C)C)cc(C(C)C)cc3cc2C(C)C)cc1. The van der Waals surface area contributed by atoms with Gasteiger partial charge in [0.15, 0.2) is 5.78 Å². The van der Waals surface area contributed by atoms with Crippen molar-refractivity contribution in [2.24, 2.45) is 0 Å². The van der Waals surface area contributed by atoms with Crippen molar-refractivity contribution in [1.29, 1.82) is 0 Å². The van der Waals surface area contributed by atoms with E-state index >= 15 is 0 Å². The fraction of sp³-hybridized carbons (Fsp3) is 0.413. The van der Waals surface area contributed by atoms with Crippen LogP contribution >= 0.6 is 8.60 Å². The van der Waals surface area contributed by atoms with Gasteiger partial charge in [0, 0.05) is 5.56 Å². The standard InChI is InChI=1S/C46H57O4P/c1-26(2)34-18-36-22-41(30(9)10)45(24-43(36)39(20-34)28(5)6)49-51(48-38-16-14-33(15-17-38)32(13)47)50-46-25-44-37(23-42(46)31(11)12)19-35(27(3)4)21-40(44)29(7)8/h14-31H,1-13H3. The van der Waals surface area contributed by atoms with Crippen LogP contribution in [0.1, 0.15) is 169 Å². The number of carbonyl (C=O) groups is 1. The van der Waals surface area contributed by atoms with Gasteiger partial charge in [-0.1, -0.05) is 107 Å². The second-order valence-corrected chi connectivity index (χ2v) is 16.9. The lowest BCUT2D eigenvalue weighted by Crippen LogP contribution is -2.07. The largest absolute Gasteiger partial charge is 0.530 e. The first kappa shape index (κ1) is 38.4. The smallest absolute Gasteiger partial charge is 0.409 e. The van der Waals surface area contributed by atoms with Gasteiger partial charge < -0.3 is 13.6 Å². The Kier molecular flexibility index (Phi) is 11.9. The minimum Gasteiger partial charge on any atom is -0.409 e. The van der Waals surface area contributed by atoms with E-state index < -0.39 is 8.60 Å². The van der Waals surface area contributed by atoms with Crippen molar-refractivity contribution in [1.82, 2.24) is 0 Å². The molecule has 0 saturated heterocycles. The Morgan fingerprint density at radius 2 is 0.863 bits per heavy atom. The molecule has 270 valence electrons. The van der Waals surface area contributed by atoms with Crippen molar-refractivity contribution in [3.05, 3.63) is 112 Å². The topological polar surface area (TPSA) is 44.8 Å². The second-order valence-electron chi connectivity index (χ2n) is 15.9. The third kappa shape index (κ3) is 8.61. The van der Waals surface area contributed by atoms with Gasteiger partial charge in [-0.05, 0) is 146 Å². The van der Waals surface area contributed by atoms with Gasteiger partial charge >= 0.3 is 8.60 Å². The molecule has 0 aliphatic carbocycles. The molecule has 5 rings (SSSR count). The molecule has 0 radical (unpaired) electrons. The first-order chi connectivity index (χ1) is 24.0. The Bertz CT molecular complexity index is 1900. The van der Waals surface area contributed by atoms with Crippen molar-refractivity contribution >= 4 is 35.9 Å². The molecule has 5 heteroatoms. The van der Waals surface area contributed by atoms with E-state index in [9.17, 15) is 4.79 Å². The van der Waals surface area contributed by atoms with Crippen molar-refractivity contribution in [2.45, 2.75) is 126 Å². The normalized spacial score (nSPS) is 12.2. The first-order valence-corrected chi connectivity index (χ1v) is 19.8. The summed E-state index contributed by atoms with van der Waals surface area (Å²) in [7, 11) is -1.98. The van der Waals surface area contributed by atoms with Crippen molar-refractivity contribution < 1.29 is 18.4 Å². The molecule has 0 aliphatic heterocycles. The summed E-state index contributed by atoms with van der Waals surface area (Å²) in [6, 6.07) is 25.5. The molecule has 4 nitrogen and oxygen atoms in total. The molecule has 0 amide bonds. The van der Waals surface area contributed by atoms with Crippen LogP contribution in [-0.4, -0.2) is 5.78 Å². The predicted molar refractivity (Wildman–Crippen MR) is 218 cm³/mol. The summed E-state index contributed by atoms with van der Waals surface area (Å²) in [6.07, 6.45) is 0. The maximum absolute atomic E-state index is 12.1. The van der Waals surface area contributed by atoms with Crippen molar-refractivity contribution in [3.63, 3.8) is 0 Å². The zero-order valence-electron chi connectivity index (χ0n) is 33.0. The van der Waals surface area contributed by atoms with Crippen LogP contribution in [0.3, 0.4) is 0 Å². The van der Waals surface area contributed by atoms with Crippen LogP contribution in [-0.2, 0) is 0 Å². The maximum atomic E-state index is 12.1. The predicted octanol–water partition coefficient (Wildman–Crippen LogP) is 14.7. The fourth-order valence-electron chi connectivity index (χ4n) is 6.66. The Hall–Kier alpha value is -3.88. The number of hydrogen-bond acceptors (Lipinski definition) is 4. The van der Waals surface area contributed by atoms with Crippen LogP contribution in [0.5, 0.6) is 17.2 Å². The van der Waals surface area contributed by atoms with Crippen LogP contribution in [0.15, 0.2) is 72.8 Å². The number of ketones is 1. The Balaban J connectivity index is 1.68. The van der Waals surface area contributed by atoms with Crippen LogP contribution in [0, 0.1) is 0 Å². The molecule has 0 atom stereocenters. The fourth-order valence-corrected chi connectivity index (χ4v) is 7.70. The molecule has 0 aromatic heterocycles. The molecule has 0 saturated carbocycles. The van der Waals surface area contributed by atoms with E-state index in [-0.39, 0.29) is 17.6 Å². The molecule has 51 heavy (non-hydrogen) atoms. The van der Waals surface area contributed by atoms with Gasteiger partial charge in [0.25, 0.3) is 0 Å². The molecular formula is C46H57O4P. The minimum absolute atomic E-state index is 0.00922. The third-order valence-electron chi connectivity index (χ3n) is 9.88. The summed E-state index contributed by atoms with van der Waals surface area (Å²) in [5, 5.41) is 4.83. The molecule has 0 unspecified atom stereocenters. The molecule has 5 aromatic rings. The highest BCUT2D eigenvalue weighted by molar-refractivity contribution is 7.43. The average molecular weight is 705 g/mol. The van der Waals surface area contributed by atoms with E-state index in [1.54, 1.807) is 19.1 Å². The summed E-state index contributed by atoms with van der Waals surface area (Å²) in [6.45, 7) is 28.4. The van der Waals surface area contributed by atoms with Crippen LogP contribution < -0.4 is 13.6 Å². The molecule has 0 fully saturated rings. The summed E-state index contributed by atoms with van der Waals surface area (Å²) < 4.78 is 20.5. The number of hydrogen-bond donors (Lipinski definition) is 0. The third-order valence-corrected chi connectivity index (χ3v) is 10.9. The van der Waals surface area contributed by atoms with Gasteiger partial charge in [-0.25, -0.2) is 0 Å². The van der Waals surface area contributed by atoms with Gasteiger partial charge in [0.2, 0.25) is 0 Å². The van der Waals surface area contributed by atoms with E-state index in [0.29, 0.717) is 35.0 Å². The Labute approximate surface area is 307 Å². The zero-order valence-corrected chi connectivity index (χ0v) is 33.9. The zero-order chi connectivity index (χ0) is 37.3. The first-order valence-electron chi connectivity index (χ1n) is 18.7. The van der Waals surface area contributed by atoms with Crippen molar-refractivity contribution in [2.75, 3.05) is 0 Å². The quantitative estimate of drug-likeness (QED) is 0.0904. The molecule has 0 heterocycles. The van der Waals surface area contributed by atoms with E-state index in [1.165, 1.54) is 43.8 Å². The highest BCUT2D eigenvalue weighted by atomic mass is 31.2. The number of rotatable bonds is 13. The molecule has 0 spiro atoms. The average Bonchev–Trinajstić information content (AvgIpc) is 3.06. The molecule has 5 aromatic carbocycles. The monoisotopic (exact) mass is 704 g/mol. The lowest BCUT2D eigenvalue weighted by atomic mass is 9.88. The van der Waals surface area contributed by atoms with E-state index in [4.69, 9.17) is 13.6 Å². The summed E-state index contributed by atoms with van der Waals surface area (Å²) in [5.74, 6) is 4.08. The lowest BCUT2D eigenvalue weighted by molar-refractivity contribution is 0.101. The lowest BCUT2D eigenvalue weighted by Gasteiger charge is -2.24. The number of fused-ring (bicyclic) bond motifs is 2. The van der Waals surface area contributed by atoms with Gasteiger partial charge in [0.1, 0.15) is 17.2 Å². The summed E-state index contributed by atoms with van der Waals surface area (Å²) >= 11 is 0. The highest BCUT2D eigenvalue weighted by Crippen LogP contribution is 2.49. The van der Waals surface area contributed by atoms with Gasteiger partial charge in [-0.3, -0.25) is 4.79 Å². The van der Waals surface area contributed by atoms with Gasteiger partial charge in [-0.15, -0.1) is 0 Å². The molecule has 0 bridgehead atoms. The van der Waals surface area contributed by atoms with Crippen molar-refractivity contribution in [3.8, 4) is 17.2 Å². The minimum atomic E-state index is -1.98. The summed E-state index contributed by atoms with van der Waals surface area (Å²) in [4.78, 5) is 12.1. The maximum Gasteiger partial charge on any atom is 0.530 e. The Morgan fingerprint density at radius 3 is 1.20 bits per heavy atom. The van der Waals surface area contributed by atoms with Crippen LogP contribution in [0.2, 0.25) is 0 Å². The molecular weight excluding hydrogens is 647 g/mol. The van der Waals surface area contributed by atoms with E-state index in [1.807, 2.05) is 12.1 Å². The molecule has 0 aliphatic rings. The van der Waals surface area contributed by atoms with Crippen LogP contribution in [0.4, 0.5) is 0 Å². The second kappa shape index (κ2) is 15.8. The number of carbonyl (C=O) groups excluding carboxylic acids is 1. The molecule has 0 N–H and O–H groups in total. The van der Waals surface area contributed by atoms with Gasteiger partial charge in [-0.2, -0.15) is 0 Å². The van der Waals surface area contributed by atoms with E-state index in [0.717, 1.165) is 22.6 Å². The number of Topliss-reactive ketones (excluding diaryl/α,β-unsaturated/α-hetero) is 1. The van der Waals surface area contributed by atoms with Gasteiger partial charge in [0.05, 0.1) is 0 Å².